The minimum Gasteiger partial charge on any atom is -0.497 e. The number of hydrogen-bond donors (Lipinski definition) is 1. The Morgan fingerprint density at radius 1 is 0.946 bits per heavy atom. The predicted octanol–water partition coefficient (Wildman–Crippen LogP) is 4.57. The van der Waals surface area contributed by atoms with E-state index in [0.29, 0.717) is 17.7 Å². The summed E-state index contributed by atoms with van der Waals surface area (Å²) in [6, 6.07) is 23.1. The largest absolute Gasteiger partial charge is 0.497 e. The molecule has 1 N–H and O–H groups in total. The summed E-state index contributed by atoms with van der Waals surface area (Å²) in [7, 11) is 3.35. The van der Waals surface area contributed by atoms with Crippen LogP contribution in [0.3, 0.4) is 0 Å². The highest BCUT2D eigenvalue weighted by atomic mass is 16.5. The maximum absolute atomic E-state index is 12.5. The first-order valence-electron chi connectivity index (χ1n) is 12.7. The van der Waals surface area contributed by atoms with E-state index in [9.17, 15) is 10.1 Å². The number of carbonyl (C=O) groups excluding carboxylic acids is 1. The van der Waals surface area contributed by atoms with Gasteiger partial charge in [0, 0.05) is 44.4 Å². The Bertz CT molecular complexity index is 1230. The summed E-state index contributed by atoms with van der Waals surface area (Å²) >= 11 is 0. The molecule has 0 radical (unpaired) electrons. The van der Waals surface area contributed by atoms with Crippen LogP contribution < -0.4 is 19.7 Å². The van der Waals surface area contributed by atoms with Gasteiger partial charge in [-0.2, -0.15) is 5.26 Å². The van der Waals surface area contributed by atoms with Gasteiger partial charge in [-0.3, -0.25) is 9.69 Å². The molecule has 7 nitrogen and oxygen atoms in total. The van der Waals surface area contributed by atoms with Crippen molar-refractivity contribution in [2.45, 2.75) is 12.8 Å². The minimum absolute atomic E-state index is 0.0674. The van der Waals surface area contributed by atoms with E-state index in [2.05, 4.69) is 27.3 Å². The third kappa shape index (κ3) is 6.60. The molecule has 0 aliphatic carbocycles. The van der Waals surface area contributed by atoms with Gasteiger partial charge in [-0.15, -0.1) is 0 Å². The number of anilines is 1. The van der Waals surface area contributed by atoms with Gasteiger partial charge in [-0.25, -0.2) is 0 Å². The number of unbranched alkanes of at least 4 members (excludes halogenated alkanes) is 1. The van der Waals surface area contributed by atoms with Gasteiger partial charge < -0.3 is 19.7 Å². The lowest BCUT2D eigenvalue weighted by Crippen LogP contribution is -2.46. The number of amides is 1. The fourth-order valence-electron chi connectivity index (χ4n) is 4.66. The molecule has 1 fully saturated rings. The van der Waals surface area contributed by atoms with E-state index in [-0.39, 0.29) is 5.91 Å². The first-order valence-corrected chi connectivity index (χ1v) is 12.7. The lowest BCUT2D eigenvalue weighted by Gasteiger charge is -2.36. The Morgan fingerprint density at radius 2 is 1.70 bits per heavy atom. The zero-order valence-corrected chi connectivity index (χ0v) is 21.6. The summed E-state index contributed by atoms with van der Waals surface area (Å²) < 4.78 is 10.9. The van der Waals surface area contributed by atoms with E-state index in [0.717, 1.165) is 73.9 Å². The topological polar surface area (TPSA) is 77.8 Å². The maximum Gasteiger partial charge on any atom is 0.251 e. The molecule has 0 aromatic heterocycles. The van der Waals surface area contributed by atoms with Crippen LogP contribution in [0.1, 0.15) is 28.8 Å². The van der Waals surface area contributed by atoms with Crippen molar-refractivity contribution in [3.05, 3.63) is 77.9 Å². The van der Waals surface area contributed by atoms with Gasteiger partial charge in [0.2, 0.25) is 0 Å². The zero-order chi connectivity index (χ0) is 26.0. The van der Waals surface area contributed by atoms with Gasteiger partial charge in [-0.1, -0.05) is 30.3 Å². The molecule has 1 aliphatic heterocycles. The summed E-state index contributed by atoms with van der Waals surface area (Å²) in [4.78, 5) is 17.4. The molecule has 7 heteroatoms. The molecule has 192 valence electrons. The van der Waals surface area contributed by atoms with Crippen molar-refractivity contribution in [1.29, 1.82) is 5.26 Å². The number of ether oxygens (including phenoxy) is 2. The number of methoxy groups -OCH3 is 2. The molecule has 0 saturated carbocycles. The van der Waals surface area contributed by atoms with E-state index in [4.69, 9.17) is 9.47 Å². The Hall–Kier alpha value is -4.02. The van der Waals surface area contributed by atoms with Crippen molar-refractivity contribution in [2.24, 2.45) is 0 Å². The summed E-state index contributed by atoms with van der Waals surface area (Å²) in [5.41, 5.74) is 4.16. The highest BCUT2D eigenvalue weighted by molar-refractivity contribution is 5.94. The van der Waals surface area contributed by atoms with Crippen molar-refractivity contribution in [2.75, 3.05) is 58.4 Å². The van der Waals surface area contributed by atoms with Crippen molar-refractivity contribution >= 4 is 11.6 Å². The minimum atomic E-state index is -0.0674. The van der Waals surface area contributed by atoms with Crippen LogP contribution in [0, 0.1) is 11.3 Å². The smallest absolute Gasteiger partial charge is 0.251 e. The van der Waals surface area contributed by atoms with E-state index in [1.165, 1.54) is 0 Å². The molecule has 3 aromatic rings. The summed E-state index contributed by atoms with van der Waals surface area (Å²) in [6.07, 6.45) is 1.97. The second-order valence-corrected chi connectivity index (χ2v) is 9.06. The molecular formula is C30H34N4O3. The predicted molar refractivity (Wildman–Crippen MR) is 146 cm³/mol. The number of rotatable bonds is 10. The molecule has 4 rings (SSSR count). The van der Waals surface area contributed by atoms with E-state index >= 15 is 0 Å². The molecule has 0 bridgehead atoms. The standard InChI is InChI=1S/C30H34N4O3/c1-36-26-13-14-28(29(21-26)37-2)34-19-17-33(18-20-34)16-6-5-15-32-30(35)24-11-9-23(10-12-24)27-8-4-3-7-25(27)22-31/h3-4,7-14,21H,5-6,15-20H2,1-2H3,(H,32,35). The quantitative estimate of drug-likeness (QED) is 0.413. The number of nitrogens with one attached hydrogen (secondary N) is 1. The first-order chi connectivity index (χ1) is 18.1. The number of hydrogen-bond acceptors (Lipinski definition) is 6. The molecule has 1 heterocycles. The van der Waals surface area contributed by atoms with Crippen LogP contribution in [0.5, 0.6) is 11.5 Å². The van der Waals surface area contributed by atoms with Gasteiger partial charge in [0.05, 0.1) is 31.5 Å². The molecule has 1 aliphatic rings. The first kappa shape index (κ1) is 26.1. The van der Waals surface area contributed by atoms with E-state index in [1.807, 2.05) is 54.6 Å². The Morgan fingerprint density at radius 3 is 2.41 bits per heavy atom. The van der Waals surface area contributed by atoms with Gasteiger partial charge >= 0.3 is 0 Å². The third-order valence-corrected chi connectivity index (χ3v) is 6.79. The average Bonchev–Trinajstić information content (AvgIpc) is 2.97. The SMILES string of the molecule is COc1ccc(N2CCN(CCCCNC(=O)c3ccc(-c4ccccc4C#N)cc3)CC2)c(OC)c1. The molecule has 1 amide bonds. The molecule has 3 aromatic carbocycles. The highest BCUT2D eigenvalue weighted by Gasteiger charge is 2.20. The van der Waals surface area contributed by atoms with Crippen molar-refractivity contribution in [3.8, 4) is 28.7 Å². The van der Waals surface area contributed by atoms with Crippen LogP contribution in [0.4, 0.5) is 5.69 Å². The van der Waals surface area contributed by atoms with Crippen LogP contribution >= 0.6 is 0 Å². The monoisotopic (exact) mass is 498 g/mol. The van der Waals surface area contributed by atoms with Crippen LogP contribution in [-0.4, -0.2) is 64.3 Å². The molecule has 0 spiro atoms. The highest BCUT2D eigenvalue weighted by Crippen LogP contribution is 2.32. The molecular weight excluding hydrogens is 464 g/mol. The van der Waals surface area contributed by atoms with Crippen LogP contribution in [-0.2, 0) is 0 Å². The number of benzene rings is 3. The fraction of sp³-hybridized carbons (Fsp3) is 0.333. The summed E-state index contributed by atoms with van der Waals surface area (Å²) in [5, 5.41) is 12.3. The van der Waals surface area contributed by atoms with Crippen LogP contribution in [0.2, 0.25) is 0 Å². The zero-order valence-electron chi connectivity index (χ0n) is 21.6. The number of carbonyl (C=O) groups is 1. The molecule has 37 heavy (non-hydrogen) atoms. The van der Waals surface area contributed by atoms with E-state index in [1.54, 1.807) is 20.3 Å². The van der Waals surface area contributed by atoms with E-state index < -0.39 is 0 Å². The molecule has 0 atom stereocenters. The third-order valence-electron chi connectivity index (χ3n) is 6.79. The van der Waals surface area contributed by atoms with Crippen LogP contribution in [0.15, 0.2) is 66.7 Å². The van der Waals surface area contributed by atoms with Gasteiger partial charge in [0.25, 0.3) is 5.91 Å². The molecule has 0 unspecified atom stereocenters. The maximum atomic E-state index is 12.5. The number of piperazine rings is 1. The van der Waals surface area contributed by atoms with Gasteiger partial charge in [0.15, 0.2) is 0 Å². The van der Waals surface area contributed by atoms with Crippen molar-refractivity contribution < 1.29 is 14.3 Å². The second kappa shape index (κ2) is 12.8. The molecule has 1 saturated heterocycles. The summed E-state index contributed by atoms with van der Waals surface area (Å²) in [5.74, 6) is 1.57. The average molecular weight is 499 g/mol. The summed E-state index contributed by atoms with van der Waals surface area (Å²) in [6.45, 7) is 5.59. The van der Waals surface area contributed by atoms with Crippen molar-refractivity contribution in [3.63, 3.8) is 0 Å². The fourth-order valence-corrected chi connectivity index (χ4v) is 4.66. The lowest BCUT2D eigenvalue weighted by atomic mass is 9.99. The number of nitrogens with zero attached hydrogens (tertiary/aromatic N) is 3. The van der Waals surface area contributed by atoms with Crippen LogP contribution in [0.25, 0.3) is 11.1 Å². The number of nitriles is 1. The van der Waals surface area contributed by atoms with Crippen molar-refractivity contribution in [1.82, 2.24) is 10.2 Å². The Balaban J connectivity index is 1.17. The Labute approximate surface area is 219 Å². The lowest BCUT2D eigenvalue weighted by molar-refractivity contribution is 0.0952. The normalized spacial score (nSPS) is 13.6. The Kier molecular flexibility index (Phi) is 9.01. The van der Waals surface area contributed by atoms with Gasteiger partial charge in [-0.05, 0) is 60.8 Å². The van der Waals surface area contributed by atoms with Gasteiger partial charge in [0.1, 0.15) is 11.5 Å². The second-order valence-electron chi connectivity index (χ2n) is 9.06.